The summed E-state index contributed by atoms with van der Waals surface area (Å²) in [4.78, 5) is 40.5. The van der Waals surface area contributed by atoms with Gasteiger partial charge in [0.25, 0.3) is 5.91 Å². The number of carboxylic acids is 1. The first-order chi connectivity index (χ1) is 15.0. The number of aliphatic hydroxyl groups is 4. The highest BCUT2D eigenvalue weighted by Gasteiger charge is 2.42. The van der Waals surface area contributed by atoms with Gasteiger partial charge in [-0.15, -0.1) is 0 Å². The number of aliphatic carboxylic acids is 1. The summed E-state index contributed by atoms with van der Waals surface area (Å²) < 4.78 is 0. The van der Waals surface area contributed by atoms with Gasteiger partial charge < -0.3 is 47.6 Å². The Kier molecular flexibility index (Phi) is 10.5. The number of aliphatic hydroxyl groups excluding tert-OH is 3. The first kappa shape index (κ1) is 26.8. The van der Waals surface area contributed by atoms with Crippen molar-refractivity contribution in [2.24, 2.45) is 16.5 Å². The molecule has 178 valence electrons. The van der Waals surface area contributed by atoms with Crippen LogP contribution in [0.15, 0.2) is 35.3 Å². The molecule has 0 saturated heterocycles. The smallest absolute Gasteiger partial charge is 0.357 e. The first-order valence-electron chi connectivity index (χ1n) is 9.66. The number of guanidine groups is 1. The van der Waals surface area contributed by atoms with Crippen molar-refractivity contribution in [3.05, 3.63) is 35.9 Å². The van der Waals surface area contributed by atoms with Gasteiger partial charge in [-0.3, -0.25) is 14.6 Å². The molecular weight excluding hydrogens is 426 g/mol. The summed E-state index contributed by atoms with van der Waals surface area (Å²) in [5.74, 6) is -3.77. The fourth-order valence-electron chi connectivity index (χ4n) is 2.65. The molecule has 13 nitrogen and oxygen atoms in total. The normalized spacial score (nSPS) is 15.5. The number of carbonyl (C=O) groups excluding carboxylic acids is 2. The minimum absolute atomic E-state index is 0.0152. The second-order valence-corrected chi connectivity index (χ2v) is 7.02. The van der Waals surface area contributed by atoms with Crippen LogP contribution in [0.3, 0.4) is 0 Å². The molecule has 1 rings (SSSR count). The molecular formula is C19H29N5O8. The van der Waals surface area contributed by atoms with E-state index < -0.39 is 54.8 Å². The topological polar surface area (TPSA) is 241 Å². The maximum atomic E-state index is 12.8. The number of aliphatic imine (C=N–C) groups is 1. The Morgan fingerprint density at radius 1 is 1.09 bits per heavy atom. The summed E-state index contributed by atoms with van der Waals surface area (Å²) in [5.41, 5.74) is 7.74. The molecule has 1 aromatic carbocycles. The van der Waals surface area contributed by atoms with Crippen LogP contribution in [0, 0.1) is 0 Å². The second-order valence-electron chi connectivity index (χ2n) is 7.02. The Balaban J connectivity index is 3.00. The van der Waals surface area contributed by atoms with E-state index in [1.165, 1.54) is 12.1 Å². The third kappa shape index (κ3) is 8.47. The number of nitrogens with zero attached hydrogens (tertiary/aromatic N) is 1. The molecule has 0 saturated carbocycles. The molecule has 0 aliphatic rings. The van der Waals surface area contributed by atoms with Crippen LogP contribution < -0.4 is 22.1 Å². The lowest BCUT2D eigenvalue weighted by Gasteiger charge is -2.30. The minimum atomic E-state index is -2.98. The van der Waals surface area contributed by atoms with Crippen molar-refractivity contribution in [3.8, 4) is 0 Å². The first-order valence-corrected chi connectivity index (χ1v) is 9.66. The number of hydrogen-bond donors (Lipinski definition) is 9. The summed E-state index contributed by atoms with van der Waals surface area (Å²) >= 11 is 0. The third-order valence-corrected chi connectivity index (χ3v) is 4.42. The fraction of sp³-hybridized carbons (Fsp3) is 0.474. The standard InChI is InChI=1S/C19H29N5O8/c20-18(21)22-8-4-7-12(23-15(28)11-5-2-1-3-6-11)16(29)24-19(32,17(30)31)9-13(26)14(27)10-25/h1-3,5-6,12-14,25-27,32H,4,7-10H2,(H,23,28)(H,24,29)(H,30,31)(H4,20,21,22)/t12-,13-,14+,19+/m0/s1. The number of benzene rings is 1. The maximum absolute atomic E-state index is 12.8. The van der Waals surface area contributed by atoms with Crippen molar-refractivity contribution >= 4 is 23.7 Å². The highest BCUT2D eigenvalue weighted by Crippen LogP contribution is 2.14. The van der Waals surface area contributed by atoms with Crippen molar-refractivity contribution in [2.45, 2.75) is 43.2 Å². The van der Waals surface area contributed by atoms with E-state index >= 15 is 0 Å². The lowest BCUT2D eigenvalue weighted by Crippen LogP contribution is -2.61. The Labute approximate surface area is 183 Å². The predicted molar refractivity (Wildman–Crippen MR) is 112 cm³/mol. The average Bonchev–Trinajstić information content (AvgIpc) is 2.75. The van der Waals surface area contributed by atoms with Crippen LogP contribution in [0.5, 0.6) is 0 Å². The molecule has 11 N–H and O–H groups in total. The van der Waals surface area contributed by atoms with Crippen LogP contribution in [0.2, 0.25) is 0 Å². The predicted octanol–water partition coefficient (Wildman–Crippen LogP) is -3.17. The largest absolute Gasteiger partial charge is 0.478 e. The number of carboxylic acid groups (broad SMARTS) is 1. The number of nitrogens with one attached hydrogen (secondary N) is 2. The Hall–Kier alpha value is -3.26. The van der Waals surface area contributed by atoms with Crippen LogP contribution in [-0.4, -0.2) is 86.4 Å². The van der Waals surface area contributed by atoms with E-state index in [0.29, 0.717) is 0 Å². The van der Waals surface area contributed by atoms with Crippen molar-refractivity contribution in [2.75, 3.05) is 13.2 Å². The number of carbonyl (C=O) groups is 3. The molecule has 0 heterocycles. The van der Waals surface area contributed by atoms with E-state index in [4.69, 9.17) is 16.6 Å². The maximum Gasteiger partial charge on any atom is 0.357 e. The molecule has 0 fully saturated rings. The van der Waals surface area contributed by atoms with Gasteiger partial charge >= 0.3 is 5.97 Å². The molecule has 0 bridgehead atoms. The molecule has 0 unspecified atom stereocenters. The summed E-state index contributed by atoms with van der Waals surface area (Å²) in [6.07, 6.45) is -4.42. The van der Waals surface area contributed by atoms with E-state index in [-0.39, 0.29) is 30.9 Å². The van der Waals surface area contributed by atoms with E-state index in [1.54, 1.807) is 18.2 Å². The van der Waals surface area contributed by atoms with E-state index in [2.05, 4.69) is 10.3 Å². The lowest BCUT2D eigenvalue weighted by atomic mass is 10.0. The SMILES string of the molecule is NC(N)=NCCC[C@H](NC(=O)c1ccccc1)C(=O)N[C@@](O)(C[C@H](O)[C@H](O)CO)C(=O)O. The van der Waals surface area contributed by atoms with Gasteiger partial charge in [0.1, 0.15) is 12.1 Å². The summed E-state index contributed by atoms with van der Waals surface area (Å²) in [7, 11) is 0. The number of hydrogen-bond acceptors (Lipinski definition) is 8. The van der Waals surface area contributed by atoms with Gasteiger partial charge in [-0.05, 0) is 25.0 Å². The zero-order valence-corrected chi connectivity index (χ0v) is 17.2. The summed E-state index contributed by atoms with van der Waals surface area (Å²) in [6.45, 7) is -0.775. The van der Waals surface area contributed by atoms with Crippen LogP contribution in [-0.2, 0) is 9.59 Å². The molecule has 4 atom stereocenters. The lowest BCUT2D eigenvalue weighted by molar-refractivity contribution is -0.172. The highest BCUT2D eigenvalue weighted by molar-refractivity contribution is 5.98. The minimum Gasteiger partial charge on any atom is -0.478 e. The average molecular weight is 455 g/mol. The zero-order chi connectivity index (χ0) is 24.3. The molecule has 32 heavy (non-hydrogen) atoms. The number of nitrogens with two attached hydrogens (primary N) is 2. The molecule has 0 radical (unpaired) electrons. The van der Waals surface area contributed by atoms with Gasteiger partial charge in [-0.25, -0.2) is 4.79 Å². The molecule has 2 amide bonds. The number of rotatable bonds is 13. The summed E-state index contributed by atoms with van der Waals surface area (Å²) in [6, 6.07) is 6.63. The third-order valence-electron chi connectivity index (χ3n) is 4.42. The van der Waals surface area contributed by atoms with Crippen LogP contribution in [0.4, 0.5) is 0 Å². The van der Waals surface area contributed by atoms with Gasteiger partial charge in [-0.2, -0.15) is 0 Å². The molecule has 1 aromatic rings. The molecule has 13 heteroatoms. The Bertz CT molecular complexity index is 802. The quantitative estimate of drug-likeness (QED) is 0.0625. The fourth-order valence-corrected chi connectivity index (χ4v) is 2.65. The van der Waals surface area contributed by atoms with Gasteiger partial charge in [-0.1, -0.05) is 18.2 Å². The molecule has 0 aromatic heterocycles. The van der Waals surface area contributed by atoms with Crippen LogP contribution in [0.25, 0.3) is 0 Å². The van der Waals surface area contributed by atoms with E-state index in [0.717, 1.165) is 0 Å². The van der Waals surface area contributed by atoms with Crippen molar-refractivity contribution in [1.82, 2.24) is 10.6 Å². The number of amides is 2. The molecule has 0 aliphatic heterocycles. The zero-order valence-electron chi connectivity index (χ0n) is 17.2. The van der Waals surface area contributed by atoms with E-state index in [9.17, 15) is 34.8 Å². The van der Waals surface area contributed by atoms with Crippen molar-refractivity contribution < 1.29 is 39.9 Å². The second kappa shape index (κ2) is 12.6. The monoisotopic (exact) mass is 455 g/mol. The Morgan fingerprint density at radius 2 is 1.72 bits per heavy atom. The van der Waals surface area contributed by atoms with Gasteiger partial charge in [0.05, 0.1) is 12.7 Å². The summed E-state index contributed by atoms with van der Waals surface area (Å²) in [5, 5.41) is 52.1. The van der Waals surface area contributed by atoms with E-state index in [1.807, 2.05) is 5.32 Å². The van der Waals surface area contributed by atoms with Gasteiger partial charge in [0.2, 0.25) is 11.6 Å². The molecule has 0 aliphatic carbocycles. The van der Waals surface area contributed by atoms with Crippen molar-refractivity contribution in [1.29, 1.82) is 0 Å². The van der Waals surface area contributed by atoms with Crippen LogP contribution in [0.1, 0.15) is 29.6 Å². The van der Waals surface area contributed by atoms with Gasteiger partial charge in [0.15, 0.2) is 5.96 Å². The molecule has 0 spiro atoms. The Morgan fingerprint density at radius 3 is 2.25 bits per heavy atom. The van der Waals surface area contributed by atoms with Crippen LogP contribution >= 0.6 is 0 Å². The van der Waals surface area contributed by atoms with Crippen molar-refractivity contribution in [3.63, 3.8) is 0 Å². The van der Waals surface area contributed by atoms with Gasteiger partial charge in [0, 0.05) is 18.5 Å². The highest BCUT2D eigenvalue weighted by atomic mass is 16.4.